The van der Waals surface area contributed by atoms with Crippen LogP contribution in [0.1, 0.15) is 45.7 Å². The molecular weight excluding hydrogens is 438 g/mol. The van der Waals surface area contributed by atoms with Crippen molar-refractivity contribution in [2.75, 3.05) is 13.2 Å². The minimum atomic E-state index is -1.61. The van der Waals surface area contributed by atoms with Crippen molar-refractivity contribution in [3.05, 3.63) is 59.7 Å². The Morgan fingerprint density at radius 3 is 2.21 bits per heavy atom. The Kier molecular flexibility index (Phi) is 10.2. The zero-order chi connectivity index (χ0) is 25.1. The Labute approximate surface area is 201 Å². The van der Waals surface area contributed by atoms with Gasteiger partial charge in [-0.2, -0.15) is 0 Å². The lowest BCUT2D eigenvalue weighted by Gasteiger charge is -2.26. The molecule has 2 rings (SSSR count). The molecule has 2 atom stereocenters. The van der Waals surface area contributed by atoms with Crippen LogP contribution in [0.25, 0.3) is 0 Å². The summed E-state index contributed by atoms with van der Waals surface area (Å²) in [6, 6.07) is 13.5. The fraction of sp³-hybridized carbons (Fsp3) is 0.462. The molecule has 0 bridgehead atoms. The van der Waals surface area contributed by atoms with E-state index in [1.54, 1.807) is 39.0 Å². The molecule has 1 amide bonds. The summed E-state index contributed by atoms with van der Waals surface area (Å²) in [6.45, 7) is 9.86. The fourth-order valence-electron chi connectivity index (χ4n) is 3.16. The van der Waals surface area contributed by atoms with E-state index in [-0.39, 0.29) is 13.0 Å². The molecule has 0 aliphatic heterocycles. The molecule has 0 saturated carbocycles. The number of rotatable bonds is 11. The molecule has 0 aromatic heterocycles. The minimum absolute atomic E-state index is 0.00737. The van der Waals surface area contributed by atoms with Crippen LogP contribution in [0.4, 0.5) is 4.79 Å². The van der Waals surface area contributed by atoms with E-state index < -0.39 is 29.8 Å². The Morgan fingerprint density at radius 1 is 0.941 bits per heavy atom. The summed E-state index contributed by atoms with van der Waals surface area (Å²) in [6.07, 6.45) is -2.23. The topological polar surface area (TPSA) is 103 Å². The summed E-state index contributed by atoms with van der Waals surface area (Å²) >= 11 is 0. The molecule has 8 heteroatoms. The van der Waals surface area contributed by atoms with Gasteiger partial charge in [0, 0.05) is 0 Å². The molecule has 2 aromatic rings. The van der Waals surface area contributed by atoms with Crippen molar-refractivity contribution in [1.82, 2.24) is 5.32 Å². The van der Waals surface area contributed by atoms with Crippen molar-refractivity contribution in [3.8, 4) is 11.5 Å². The van der Waals surface area contributed by atoms with Crippen molar-refractivity contribution < 1.29 is 33.6 Å². The van der Waals surface area contributed by atoms with Crippen LogP contribution in [0, 0.1) is 0 Å². The zero-order valence-electron chi connectivity index (χ0n) is 20.5. The lowest BCUT2D eigenvalue weighted by molar-refractivity contribution is -0.156. The summed E-state index contributed by atoms with van der Waals surface area (Å²) in [4.78, 5) is 25.0. The smallest absolute Gasteiger partial charge is 0.407 e. The maximum absolute atomic E-state index is 12.6. The van der Waals surface area contributed by atoms with Crippen molar-refractivity contribution in [2.24, 2.45) is 0 Å². The van der Waals surface area contributed by atoms with Crippen molar-refractivity contribution in [3.63, 3.8) is 0 Å². The Bertz CT molecular complexity index is 924. The van der Waals surface area contributed by atoms with Crippen LogP contribution in [-0.4, -0.2) is 48.1 Å². The van der Waals surface area contributed by atoms with Gasteiger partial charge in [0.25, 0.3) is 0 Å². The van der Waals surface area contributed by atoms with Crippen LogP contribution in [0.5, 0.6) is 11.5 Å². The molecular formula is C26H35NO7. The molecule has 0 aliphatic carbocycles. The van der Waals surface area contributed by atoms with E-state index in [4.69, 9.17) is 18.9 Å². The van der Waals surface area contributed by atoms with Crippen LogP contribution in [0.15, 0.2) is 48.5 Å². The first-order valence-electron chi connectivity index (χ1n) is 11.4. The average molecular weight is 474 g/mol. The number of esters is 1. The maximum Gasteiger partial charge on any atom is 0.407 e. The van der Waals surface area contributed by atoms with E-state index >= 15 is 0 Å². The first-order valence-corrected chi connectivity index (χ1v) is 11.4. The molecule has 0 saturated heterocycles. The van der Waals surface area contributed by atoms with E-state index in [1.165, 1.54) is 0 Å². The molecule has 0 fully saturated rings. The van der Waals surface area contributed by atoms with Gasteiger partial charge in [0.15, 0.2) is 17.6 Å². The predicted octanol–water partition coefficient (Wildman–Crippen LogP) is 4.02. The Hall–Kier alpha value is -3.26. The average Bonchev–Trinajstić information content (AvgIpc) is 2.78. The second kappa shape index (κ2) is 12.8. The fourth-order valence-corrected chi connectivity index (χ4v) is 3.16. The second-order valence-corrected chi connectivity index (χ2v) is 8.64. The first-order chi connectivity index (χ1) is 16.1. The van der Waals surface area contributed by atoms with Gasteiger partial charge in [-0.05, 0) is 64.3 Å². The van der Waals surface area contributed by atoms with Gasteiger partial charge < -0.3 is 29.4 Å². The molecule has 0 aliphatic rings. The highest BCUT2D eigenvalue weighted by molar-refractivity contribution is 5.77. The third-order valence-electron chi connectivity index (χ3n) is 4.61. The van der Waals surface area contributed by atoms with E-state index in [9.17, 15) is 14.7 Å². The lowest BCUT2D eigenvalue weighted by atomic mass is 10.0. The summed E-state index contributed by atoms with van der Waals surface area (Å²) in [5.74, 6) is 0.285. The number of amides is 1. The Balaban J connectivity index is 2.20. The lowest BCUT2D eigenvalue weighted by Crippen LogP contribution is -2.50. The second-order valence-electron chi connectivity index (χ2n) is 8.64. The van der Waals surface area contributed by atoms with E-state index in [1.807, 2.05) is 44.2 Å². The van der Waals surface area contributed by atoms with Crippen molar-refractivity contribution >= 4 is 12.1 Å². The number of carbonyl (C=O) groups is 2. The number of alkyl carbamates (subject to hydrolysis) is 1. The van der Waals surface area contributed by atoms with E-state index in [2.05, 4.69) is 5.32 Å². The number of carbonyl (C=O) groups excluding carboxylic acids is 2. The van der Waals surface area contributed by atoms with Gasteiger partial charge in [-0.1, -0.05) is 36.4 Å². The van der Waals surface area contributed by atoms with Crippen LogP contribution in [0.3, 0.4) is 0 Å². The van der Waals surface area contributed by atoms with Gasteiger partial charge in [0.2, 0.25) is 0 Å². The molecule has 2 unspecified atom stereocenters. The molecule has 0 spiro atoms. The quantitative estimate of drug-likeness (QED) is 0.475. The normalized spacial score (nSPS) is 12.9. The van der Waals surface area contributed by atoms with Gasteiger partial charge in [0.05, 0.1) is 19.3 Å². The first kappa shape index (κ1) is 27.0. The number of hydrogen-bond acceptors (Lipinski definition) is 7. The highest BCUT2D eigenvalue weighted by Crippen LogP contribution is 2.29. The Morgan fingerprint density at radius 2 is 1.59 bits per heavy atom. The third-order valence-corrected chi connectivity index (χ3v) is 4.61. The highest BCUT2D eigenvalue weighted by Gasteiger charge is 2.31. The molecule has 2 aromatic carbocycles. The summed E-state index contributed by atoms with van der Waals surface area (Å²) in [5, 5.41) is 13.4. The monoisotopic (exact) mass is 473 g/mol. The highest BCUT2D eigenvalue weighted by atomic mass is 16.6. The largest absolute Gasteiger partial charge is 0.490 e. The number of nitrogens with one attached hydrogen (secondary N) is 1. The number of ether oxygens (including phenoxy) is 4. The predicted molar refractivity (Wildman–Crippen MR) is 128 cm³/mol. The van der Waals surface area contributed by atoms with Crippen LogP contribution in [0.2, 0.25) is 0 Å². The van der Waals surface area contributed by atoms with Gasteiger partial charge in [-0.15, -0.1) is 0 Å². The summed E-state index contributed by atoms with van der Waals surface area (Å²) in [7, 11) is 0. The number of hydrogen-bond donors (Lipinski definition) is 2. The third kappa shape index (κ3) is 8.94. The van der Waals surface area contributed by atoms with Gasteiger partial charge in [-0.3, -0.25) is 0 Å². The molecule has 34 heavy (non-hydrogen) atoms. The molecule has 0 heterocycles. The SMILES string of the molecule is CCOc1ccc(CC(NC(=O)OC(C)(C)C)C(O)C(=O)OCc2ccccc2)cc1OCC. The number of aliphatic hydroxyl groups is 1. The van der Waals surface area contributed by atoms with E-state index in [0.717, 1.165) is 11.1 Å². The number of aliphatic hydroxyl groups excluding tert-OH is 1. The van der Waals surface area contributed by atoms with E-state index in [0.29, 0.717) is 24.7 Å². The molecule has 8 nitrogen and oxygen atoms in total. The van der Waals surface area contributed by atoms with Crippen molar-refractivity contribution in [1.29, 1.82) is 0 Å². The van der Waals surface area contributed by atoms with Crippen LogP contribution < -0.4 is 14.8 Å². The van der Waals surface area contributed by atoms with Crippen molar-refractivity contribution in [2.45, 2.75) is 65.4 Å². The zero-order valence-corrected chi connectivity index (χ0v) is 20.5. The molecule has 2 N–H and O–H groups in total. The maximum atomic E-state index is 12.6. The van der Waals surface area contributed by atoms with Gasteiger partial charge >= 0.3 is 12.1 Å². The number of benzene rings is 2. The summed E-state index contributed by atoms with van der Waals surface area (Å²) < 4.78 is 21.9. The van der Waals surface area contributed by atoms with Gasteiger partial charge in [0.1, 0.15) is 12.2 Å². The minimum Gasteiger partial charge on any atom is -0.490 e. The molecule has 186 valence electrons. The summed E-state index contributed by atoms with van der Waals surface area (Å²) in [5.41, 5.74) is 0.768. The standard InChI is InChI=1S/C26H35NO7/c1-6-31-21-14-13-19(16-22(21)32-7-2)15-20(27-25(30)34-26(3,4)5)23(28)24(29)33-17-18-11-9-8-10-12-18/h8-14,16,20,23,28H,6-7,15,17H2,1-5H3,(H,27,30). The van der Waals surface area contributed by atoms with Crippen LogP contribution >= 0.6 is 0 Å². The molecule has 0 radical (unpaired) electrons. The van der Waals surface area contributed by atoms with Crippen LogP contribution in [-0.2, 0) is 27.3 Å². The van der Waals surface area contributed by atoms with Gasteiger partial charge in [-0.25, -0.2) is 9.59 Å².